The molecule has 0 aliphatic heterocycles. The Morgan fingerprint density at radius 3 is 2.92 bits per heavy atom. The highest BCUT2D eigenvalue weighted by Crippen LogP contribution is 2.48. The van der Waals surface area contributed by atoms with E-state index in [4.69, 9.17) is 5.73 Å². The van der Waals surface area contributed by atoms with Crippen molar-refractivity contribution >= 4 is 5.69 Å². The first-order valence-electron chi connectivity index (χ1n) is 4.86. The first kappa shape index (κ1) is 8.44. The number of anilines is 1. The van der Waals surface area contributed by atoms with Gasteiger partial charge in [-0.05, 0) is 43.2 Å². The summed E-state index contributed by atoms with van der Waals surface area (Å²) >= 11 is 0. The second-order valence-corrected chi connectivity index (χ2v) is 4.35. The summed E-state index contributed by atoms with van der Waals surface area (Å²) in [5.74, 6) is 0. The Kier molecular flexibility index (Phi) is 1.92. The fraction of sp³-hybridized carbons (Fsp3) is 0.500. The lowest BCUT2D eigenvalue weighted by Gasteiger charge is -2.07. The highest BCUT2D eigenvalue weighted by Gasteiger charge is 2.36. The zero-order chi connectivity index (χ0) is 9.31. The number of hydrogen-bond acceptors (Lipinski definition) is 1. The van der Waals surface area contributed by atoms with Crippen LogP contribution in [0.1, 0.15) is 31.7 Å². The van der Waals surface area contributed by atoms with Crippen molar-refractivity contribution < 1.29 is 0 Å². The molecule has 0 atom stereocenters. The van der Waals surface area contributed by atoms with Crippen LogP contribution in [0, 0.1) is 17.5 Å². The lowest BCUT2D eigenvalue weighted by molar-refractivity contribution is 0.519. The van der Waals surface area contributed by atoms with Gasteiger partial charge in [-0.3, -0.25) is 0 Å². The van der Waals surface area contributed by atoms with Crippen molar-refractivity contribution in [1.82, 2.24) is 0 Å². The summed E-state index contributed by atoms with van der Waals surface area (Å²) in [6, 6.07) is 9.76. The molecule has 13 heavy (non-hydrogen) atoms. The van der Waals surface area contributed by atoms with E-state index in [0.29, 0.717) is 5.41 Å². The van der Waals surface area contributed by atoms with Crippen molar-refractivity contribution in [1.29, 1.82) is 0 Å². The van der Waals surface area contributed by atoms with Gasteiger partial charge in [-0.2, -0.15) is 0 Å². The zero-order valence-corrected chi connectivity index (χ0v) is 8.06. The highest BCUT2D eigenvalue weighted by molar-refractivity contribution is 5.43. The van der Waals surface area contributed by atoms with Crippen LogP contribution >= 0.6 is 0 Å². The summed E-state index contributed by atoms with van der Waals surface area (Å²) in [5.41, 5.74) is 8.43. The Labute approximate surface area is 80.0 Å². The van der Waals surface area contributed by atoms with Gasteiger partial charge in [0.2, 0.25) is 0 Å². The molecule has 0 radical (unpaired) electrons. The molecule has 0 unspecified atom stereocenters. The summed E-state index contributed by atoms with van der Waals surface area (Å²) in [4.78, 5) is 0. The van der Waals surface area contributed by atoms with Crippen molar-refractivity contribution in [3.8, 4) is 0 Å². The third-order valence-corrected chi connectivity index (χ3v) is 3.00. The van der Waals surface area contributed by atoms with Gasteiger partial charge in [0, 0.05) is 11.3 Å². The standard InChI is InChI=1S/C12H15N/c1-12(8-9-12)7-6-10-4-2-3-5-11(10)13/h3,5H,6-9,13H2,1H3. The average Bonchev–Trinajstić information content (AvgIpc) is 2.83. The third-order valence-electron chi connectivity index (χ3n) is 3.00. The summed E-state index contributed by atoms with van der Waals surface area (Å²) in [7, 11) is 0. The van der Waals surface area contributed by atoms with E-state index in [9.17, 15) is 0 Å². The van der Waals surface area contributed by atoms with E-state index in [1.165, 1.54) is 19.3 Å². The van der Waals surface area contributed by atoms with Crippen LogP contribution in [0.4, 0.5) is 5.69 Å². The minimum absolute atomic E-state index is 0.607. The monoisotopic (exact) mass is 173 g/mol. The molecular formula is C12H15N. The smallest absolute Gasteiger partial charge is 0.0437 e. The SMILES string of the molecule is CC1(CCc2c#cccc2N)CC1. The maximum absolute atomic E-state index is 5.82. The van der Waals surface area contributed by atoms with Crippen molar-refractivity contribution in [2.45, 2.75) is 32.6 Å². The summed E-state index contributed by atoms with van der Waals surface area (Å²) in [5, 5.41) is 0. The van der Waals surface area contributed by atoms with Crippen molar-refractivity contribution in [3.05, 3.63) is 29.8 Å². The largest absolute Gasteiger partial charge is 0.398 e. The summed E-state index contributed by atoms with van der Waals surface area (Å²) in [6.07, 6.45) is 5.05. The van der Waals surface area contributed by atoms with Gasteiger partial charge in [0.15, 0.2) is 0 Å². The second-order valence-electron chi connectivity index (χ2n) is 4.35. The van der Waals surface area contributed by atoms with Crippen molar-refractivity contribution in [3.63, 3.8) is 0 Å². The van der Waals surface area contributed by atoms with Crippen LogP contribution in [0.2, 0.25) is 0 Å². The number of rotatable bonds is 3. The van der Waals surface area contributed by atoms with Gasteiger partial charge in [0.05, 0.1) is 0 Å². The molecule has 0 aromatic heterocycles. The molecule has 2 N–H and O–H groups in total. The van der Waals surface area contributed by atoms with Crippen molar-refractivity contribution in [2.24, 2.45) is 5.41 Å². The maximum atomic E-state index is 5.82. The Bertz CT molecular complexity index is 300. The molecule has 0 saturated heterocycles. The Morgan fingerprint density at radius 2 is 2.31 bits per heavy atom. The molecule has 1 aliphatic rings. The molecule has 2 rings (SSSR count). The van der Waals surface area contributed by atoms with Crippen LogP contribution in [-0.4, -0.2) is 0 Å². The molecular weight excluding hydrogens is 158 g/mol. The van der Waals surface area contributed by atoms with Crippen LogP contribution in [0.5, 0.6) is 0 Å². The van der Waals surface area contributed by atoms with Crippen LogP contribution in [0.25, 0.3) is 0 Å². The molecule has 1 aliphatic carbocycles. The van der Waals surface area contributed by atoms with Gasteiger partial charge in [-0.15, -0.1) is 0 Å². The van der Waals surface area contributed by atoms with E-state index >= 15 is 0 Å². The molecule has 1 saturated carbocycles. The Morgan fingerprint density at radius 1 is 1.54 bits per heavy atom. The molecule has 0 amide bonds. The van der Waals surface area contributed by atoms with Gasteiger partial charge in [-0.25, -0.2) is 0 Å². The average molecular weight is 173 g/mol. The van der Waals surface area contributed by atoms with Crippen LogP contribution in [0.3, 0.4) is 0 Å². The first-order chi connectivity index (χ1) is 6.20. The number of nitrogens with two attached hydrogens (primary N) is 1. The second kappa shape index (κ2) is 2.96. The van der Waals surface area contributed by atoms with E-state index < -0.39 is 0 Å². The molecule has 68 valence electrons. The van der Waals surface area contributed by atoms with E-state index in [-0.39, 0.29) is 0 Å². The first-order valence-corrected chi connectivity index (χ1v) is 4.86. The van der Waals surface area contributed by atoms with Gasteiger partial charge >= 0.3 is 0 Å². The fourth-order valence-corrected chi connectivity index (χ4v) is 1.53. The van der Waals surface area contributed by atoms with E-state index in [0.717, 1.165) is 17.7 Å². The van der Waals surface area contributed by atoms with Gasteiger partial charge in [0.1, 0.15) is 0 Å². The zero-order valence-electron chi connectivity index (χ0n) is 8.06. The van der Waals surface area contributed by atoms with E-state index in [1.807, 2.05) is 12.1 Å². The highest BCUT2D eigenvalue weighted by atomic mass is 14.6. The minimum Gasteiger partial charge on any atom is -0.398 e. The van der Waals surface area contributed by atoms with Gasteiger partial charge in [-0.1, -0.05) is 19.1 Å². The molecule has 1 heteroatoms. The predicted molar refractivity (Wildman–Crippen MR) is 54.2 cm³/mol. The van der Waals surface area contributed by atoms with Crippen molar-refractivity contribution in [2.75, 3.05) is 5.73 Å². The van der Waals surface area contributed by atoms with Crippen LogP contribution in [-0.2, 0) is 6.42 Å². The third kappa shape index (κ3) is 1.95. The van der Waals surface area contributed by atoms with E-state index in [2.05, 4.69) is 19.1 Å². The minimum atomic E-state index is 0.607. The summed E-state index contributed by atoms with van der Waals surface area (Å²) < 4.78 is 0. The topological polar surface area (TPSA) is 26.0 Å². The Hall–Kier alpha value is -1.16. The van der Waals surface area contributed by atoms with Gasteiger partial charge < -0.3 is 5.73 Å². The molecule has 1 aromatic carbocycles. The van der Waals surface area contributed by atoms with Crippen LogP contribution in [0.15, 0.2) is 12.1 Å². The molecule has 0 bridgehead atoms. The maximum Gasteiger partial charge on any atom is 0.0437 e. The molecule has 1 fully saturated rings. The molecule has 0 spiro atoms. The summed E-state index contributed by atoms with van der Waals surface area (Å²) in [6.45, 7) is 2.34. The molecule has 1 nitrogen and oxygen atoms in total. The lowest BCUT2D eigenvalue weighted by atomic mass is 9.99. The number of nitrogen functional groups attached to an aromatic ring is 1. The Balaban J connectivity index is 1.97. The van der Waals surface area contributed by atoms with Gasteiger partial charge in [0.25, 0.3) is 0 Å². The predicted octanol–water partition coefficient (Wildman–Crippen LogP) is 2.60. The number of hydrogen-bond donors (Lipinski definition) is 1. The normalized spacial score (nSPS) is 17.9. The van der Waals surface area contributed by atoms with E-state index in [1.54, 1.807) is 0 Å². The molecule has 1 aromatic rings. The lowest BCUT2D eigenvalue weighted by Crippen LogP contribution is -1.98. The fourth-order valence-electron chi connectivity index (χ4n) is 1.53. The quantitative estimate of drug-likeness (QED) is 0.747. The molecule has 0 heterocycles. The van der Waals surface area contributed by atoms with Crippen LogP contribution < -0.4 is 5.73 Å².